The largest absolute Gasteiger partial charge is 0.354 e. The first-order valence-electron chi connectivity index (χ1n) is 7.95. The molecule has 0 N–H and O–H groups in total. The SMILES string of the molecule is Cl.O=C1CCC(=O)N1CCCN1CCN(c2ccccn2)CC1. The van der Waals surface area contributed by atoms with Crippen molar-refractivity contribution in [2.75, 3.05) is 44.2 Å². The van der Waals surface area contributed by atoms with E-state index in [0.29, 0.717) is 19.4 Å². The highest BCUT2D eigenvalue weighted by molar-refractivity contribution is 6.01. The van der Waals surface area contributed by atoms with E-state index in [2.05, 4.69) is 14.8 Å². The zero-order valence-corrected chi connectivity index (χ0v) is 14.0. The second-order valence-electron chi connectivity index (χ2n) is 5.81. The zero-order valence-electron chi connectivity index (χ0n) is 13.2. The van der Waals surface area contributed by atoms with Gasteiger partial charge in [-0.15, -0.1) is 12.4 Å². The molecule has 1 aromatic rings. The van der Waals surface area contributed by atoms with Gasteiger partial charge in [0.2, 0.25) is 11.8 Å². The summed E-state index contributed by atoms with van der Waals surface area (Å²) in [5.41, 5.74) is 0. The van der Waals surface area contributed by atoms with E-state index in [9.17, 15) is 9.59 Å². The van der Waals surface area contributed by atoms with Crippen molar-refractivity contribution in [3.63, 3.8) is 0 Å². The molecule has 3 heterocycles. The van der Waals surface area contributed by atoms with Gasteiger partial charge in [-0.25, -0.2) is 4.98 Å². The van der Waals surface area contributed by atoms with Gasteiger partial charge in [0.1, 0.15) is 5.82 Å². The van der Waals surface area contributed by atoms with Gasteiger partial charge in [-0.3, -0.25) is 19.4 Å². The molecule has 126 valence electrons. The van der Waals surface area contributed by atoms with Crippen molar-refractivity contribution in [1.82, 2.24) is 14.8 Å². The average Bonchev–Trinajstić information content (AvgIpc) is 2.88. The molecule has 0 saturated carbocycles. The highest BCUT2D eigenvalue weighted by atomic mass is 35.5. The number of piperazine rings is 1. The molecule has 7 heteroatoms. The first-order chi connectivity index (χ1) is 10.7. The Morgan fingerprint density at radius 2 is 1.65 bits per heavy atom. The fraction of sp³-hybridized carbons (Fsp3) is 0.562. The summed E-state index contributed by atoms with van der Waals surface area (Å²) in [7, 11) is 0. The van der Waals surface area contributed by atoms with Crippen molar-refractivity contribution < 1.29 is 9.59 Å². The van der Waals surface area contributed by atoms with Gasteiger partial charge in [0.05, 0.1) is 0 Å². The van der Waals surface area contributed by atoms with Gasteiger partial charge in [-0.1, -0.05) is 6.07 Å². The first-order valence-corrected chi connectivity index (χ1v) is 7.95. The summed E-state index contributed by atoms with van der Waals surface area (Å²) in [6.07, 6.45) is 3.47. The lowest BCUT2D eigenvalue weighted by Gasteiger charge is -2.35. The van der Waals surface area contributed by atoms with E-state index in [0.717, 1.165) is 45.0 Å². The lowest BCUT2D eigenvalue weighted by atomic mass is 10.2. The minimum Gasteiger partial charge on any atom is -0.354 e. The van der Waals surface area contributed by atoms with E-state index < -0.39 is 0 Å². The molecular formula is C16H23ClN4O2. The van der Waals surface area contributed by atoms with Crippen LogP contribution < -0.4 is 4.90 Å². The van der Waals surface area contributed by atoms with Crippen LogP contribution in [0, 0.1) is 0 Å². The smallest absolute Gasteiger partial charge is 0.229 e. The van der Waals surface area contributed by atoms with Crippen LogP contribution in [0.3, 0.4) is 0 Å². The van der Waals surface area contributed by atoms with E-state index >= 15 is 0 Å². The van der Waals surface area contributed by atoms with Crippen molar-refractivity contribution >= 4 is 30.0 Å². The summed E-state index contributed by atoms with van der Waals surface area (Å²) in [5, 5.41) is 0. The van der Waals surface area contributed by atoms with Crippen LogP contribution >= 0.6 is 12.4 Å². The highest BCUT2D eigenvalue weighted by Gasteiger charge is 2.28. The Morgan fingerprint density at radius 1 is 0.957 bits per heavy atom. The van der Waals surface area contributed by atoms with E-state index in [-0.39, 0.29) is 24.2 Å². The van der Waals surface area contributed by atoms with Crippen LogP contribution in [0.15, 0.2) is 24.4 Å². The summed E-state index contributed by atoms with van der Waals surface area (Å²) in [4.78, 5) is 33.6. The van der Waals surface area contributed by atoms with Crippen LogP contribution in [-0.4, -0.2) is 65.9 Å². The van der Waals surface area contributed by atoms with E-state index in [4.69, 9.17) is 0 Å². The van der Waals surface area contributed by atoms with Crippen LogP contribution in [0.4, 0.5) is 5.82 Å². The quantitative estimate of drug-likeness (QED) is 0.754. The summed E-state index contributed by atoms with van der Waals surface area (Å²) in [5.74, 6) is 1.02. The third kappa shape index (κ3) is 4.42. The Bertz CT molecular complexity index is 516. The van der Waals surface area contributed by atoms with Gasteiger partial charge in [-0.2, -0.15) is 0 Å². The molecule has 1 aromatic heterocycles. The number of carbonyl (C=O) groups is 2. The van der Waals surface area contributed by atoms with Gasteiger partial charge in [-0.05, 0) is 25.1 Å². The molecule has 0 atom stereocenters. The number of aromatic nitrogens is 1. The molecule has 0 unspecified atom stereocenters. The number of nitrogens with zero attached hydrogens (tertiary/aromatic N) is 4. The monoisotopic (exact) mass is 338 g/mol. The van der Waals surface area contributed by atoms with Crippen molar-refractivity contribution in [3.05, 3.63) is 24.4 Å². The topological polar surface area (TPSA) is 56.8 Å². The number of hydrogen-bond acceptors (Lipinski definition) is 5. The van der Waals surface area contributed by atoms with Gasteiger partial charge < -0.3 is 4.90 Å². The molecule has 0 spiro atoms. The molecule has 0 aliphatic carbocycles. The standard InChI is InChI=1S/C16H22N4O2.ClH/c21-15-5-6-16(22)20(15)9-3-8-18-10-12-19(13-11-18)14-4-1-2-7-17-14;/h1-2,4,7H,3,5-6,8-13H2;1H. The van der Waals surface area contributed by atoms with Crippen LogP contribution in [0.5, 0.6) is 0 Å². The van der Waals surface area contributed by atoms with Gasteiger partial charge in [0.25, 0.3) is 0 Å². The molecule has 2 aliphatic rings. The minimum atomic E-state index is -0.00929. The number of carbonyl (C=O) groups excluding carboxylic acids is 2. The van der Waals surface area contributed by atoms with Gasteiger partial charge in [0, 0.05) is 51.8 Å². The Morgan fingerprint density at radius 3 is 2.26 bits per heavy atom. The molecule has 2 fully saturated rings. The highest BCUT2D eigenvalue weighted by Crippen LogP contribution is 2.14. The molecule has 2 amide bonds. The Balaban J connectivity index is 0.00000192. The molecular weight excluding hydrogens is 316 g/mol. The van der Waals surface area contributed by atoms with E-state index in [1.54, 1.807) is 0 Å². The van der Waals surface area contributed by atoms with Crippen molar-refractivity contribution in [3.8, 4) is 0 Å². The number of rotatable bonds is 5. The molecule has 0 bridgehead atoms. The molecule has 23 heavy (non-hydrogen) atoms. The second kappa shape index (κ2) is 8.26. The second-order valence-corrected chi connectivity index (χ2v) is 5.81. The molecule has 0 aromatic carbocycles. The van der Waals surface area contributed by atoms with Gasteiger partial charge in [0.15, 0.2) is 0 Å². The lowest BCUT2D eigenvalue weighted by molar-refractivity contribution is -0.138. The third-order valence-electron chi connectivity index (χ3n) is 4.36. The molecule has 2 saturated heterocycles. The fourth-order valence-electron chi connectivity index (χ4n) is 3.07. The number of pyridine rings is 1. The predicted molar refractivity (Wildman–Crippen MR) is 90.7 cm³/mol. The third-order valence-corrected chi connectivity index (χ3v) is 4.36. The number of halogens is 1. The number of likely N-dealkylation sites (tertiary alicyclic amines) is 1. The maximum atomic E-state index is 11.5. The number of anilines is 1. The van der Waals surface area contributed by atoms with Crippen molar-refractivity contribution in [2.24, 2.45) is 0 Å². The summed E-state index contributed by atoms with van der Waals surface area (Å²) < 4.78 is 0. The predicted octanol–water partition coefficient (Wildman–Crippen LogP) is 1.16. The average molecular weight is 339 g/mol. The maximum absolute atomic E-state index is 11.5. The van der Waals surface area contributed by atoms with Crippen LogP contribution in [0.2, 0.25) is 0 Å². The van der Waals surface area contributed by atoms with Crippen LogP contribution in [-0.2, 0) is 9.59 Å². The molecule has 6 nitrogen and oxygen atoms in total. The summed E-state index contributed by atoms with van der Waals surface area (Å²) in [6, 6.07) is 5.99. The Hall–Kier alpha value is -1.66. The first kappa shape index (κ1) is 17.7. The van der Waals surface area contributed by atoms with E-state index in [1.807, 2.05) is 24.4 Å². The Kier molecular flexibility index (Phi) is 6.36. The van der Waals surface area contributed by atoms with Crippen LogP contribution in [0.1, 0.15) is 19.3 Å². The van der Waals surface area contributed by atoms with Crippen molar-refractivity contribution in [1.29, 1.82) is 0 Å². The van der Waals surface area contributed by atoms with Crippen LogP contribution in [0.25, 0.3) is 0 Å². The fourth-order valence-corrected chi connectivity index (χ4v) is 3.07. The Labute approximate surface area is 142 Å². The molecule has 3 rings (SSSR count). The normalized spacial score (nSPS) is 19.1. The lowest BCUT2D eigenvalue weighted by Crippen LogP contribution is -2.47. The number of amides is 2. The number of imide groups is 1. The number of hydrogen-bond donors (Lipinski definition) is 0. The van der Waals surface area contributed by atoms with Gasteiger partial charge >= 0.3 is 0 Å². The summed E-state index contributed by atoms with van der Waals surface area (Å²) >= 11 is 0. The minimum absolute atomic E-state index is 0. The maximum Gasteiger partial charge on any atom is 0.229 e. The zero-order chi connectivity index (χ0) is 15.4. The van der Waals surface area contributed by atoms with Crippen molar-refractivity contribution in [2.45, 2.75) is 19.3 Å². The summed E-state index contributed by atoms with van der Waals surface area (Å²) in [6.45, 7) is 5.44. The molecule has 2 aliphatic heterocycles. The van der Waals surface area contributed by atoms with E-state index in [1.165, 1.54) is 4.90 Å². The molecule has 0 radical (unpaired) electrons.